The van der Waals surface area contributed by atoms with E-state index < -0.39 is 0 Å². The maximum absolute atomic E-state index is 11.5. The van der Waals surface area contributed by atoms with Crippen LogP contribution in [0.3, 0.4) is 0 Å². The van der Waals surface area contributed by atoms with E-state index in [1.165, 1.54) is 11.8 Å². The highest BCUT2D eigenvalue weighted by atomic mass is 32.2. The molecule has 1 N–H and O–H groups in total. The Bertz CT molecular complexity index is 595. The van der Waals surface area contributed by atoms with Crippen molar-refractivity contribution in [3.8, 4) is 0 Å². The van der Waals surface area contributed by atoms with E-state index in [1.807, 2.05) is 26.8 Å². The Kier molecular flexibility index (Phi) is 4.36. The van der Waals surface area contributed by atoms with Gasteiger partial charge in [0.15, 0.2) is 0 Å². The second kappa shape index (κ2) is 6.01. The Morgan fingerprint density at radius 3 is 2.95 bits per heavy atom. The molecule has 0 radical (unpaired) electrons. The van der Waals surface area contributed by atoms with Crippen molar-refractivity contribution in [1.29, 1.82) is 0 Å². The normalized spacial score (nSPS) is 10.9. The molecule has 0 saturated carbocycles. The molecule has 0 aliphatic rings. The van der Waals surface area contributed by atoms with Crippen LogP contribution in [0.2, 0.25) is 0 Å². The number of thioether (sulfide) groups is 1. The fourth-order valence-electron chi connectivity index (χ4n) is 1.65. The molecular formula is C12H17N5OS. The molecule has 0 bridgehead atoms. The third kappa shape index (κ3) is 3.44. The summed E-state index contributed by atoms with van der Waals surface area (Å²) in [5, 5.41) is 7.73. The molecular weight excluding hydrogens is 262 g/mol. The lowest BCUT2D eigenvalue weighted by Gasteiger charge is -2.00. The van der Waals surface area contributed by atoms with E-state index in [2.05, 4.69) is 20.4 Å². The summed E-state index contributed by atoms with van der Waals surface area (Å²) in [6, 6.07) is 1.95. The average molecular weight is 279 g/mol. The van der Waals surface area contributed by atoms with Gasteiger partial charge in [0.2, 0.25) is 11.1 Å². The highest BCUT2D eigenvalue weighted by Gasteiger charge is 2.10. The Labute approximate surface area is 116 Å². The minimum absolute atomic E-state index is 0.00608. The van der Waals surface area contributed by atoms with Crippen molar-refractivity contribution in [3.63, 3.8) is 0 Å². The standard InChI is InChI=1S/C12H17N5OS/c1-4-5-13-10(18)7-19-12-15-11-14-8(2)6-9(3)17(11)16-12/h6H,4-5,7H2,1-3H3,(H,13,18). The highest BCUT2D eigenvalue weighted by molar-refractivity contribution is 7.99. The monoisotopic (exact) mass is 279 g/mol. The van der Waals surface area contributed by atoms with Gasteiger partial charge in [0.1, 0.15) is 0 Å². The van der Waals surface area contributed by atoms with E-state index in [4.69, 9.17) is 0 Å². The number of nitrogens with zero attached hydrogens (tertiary/aromatic N) is 4. The zero-order valence-corrected chi connectivity index (χ0v) is 12.1. The summed E-state index contributed by atoms with van der Waals surface area (Å²) in [7, 11) is 0. The van der Waals surface area contributed by atoms with Crippen LogP contribution in [-0.2, 0) is 4.79 Å². The molecule has 0 aromatic carbocycles. The predicted molar refractivity (Wildman–Crippen MR) is 74.3 cm³/mol. The van der Waals surface area contributed by atoms with Gasteiger partial charge in [-0.25, -0.2) is 9.50 Å². The number of rotatable bonds is 5. The van der Waals surface area contributed by atoms with Gasteiger partial charge in [-0.15, -0.1) is 5.10 Å². The van der Waals surface area contributed by atoms with Gasteiger partial charge < -0.3 is 5.32 Å². The van der Waals surface area contributed by atoms with Gasteiger partial charge in [-0.05, 0) is 26.3 Å². The molecule has 2 rings (SSSR count). The summed E-state index contributed by atoms with van der Waals surface area (Å²) < 4.78 is 1.69. The molecule has 2 heterocycles. The van der Waals surface area contributed by atoms with Crippen molar-refractivity contribution in [2.75, 3.05) is 12.3 Å². The van der Waals surface area contributed by atoms with Gasteiger partial charge in [0.25, 0.3) is 5.78 Å². The molecule has 6 nitrogen and oxygen atoms in total. The van der Waals surface area contributed by atoms with Crippen molar-refractivity contribution in [2.45, 2.75) is 32.3 Å². The first-order valence-corrected chi connectivity index (χ1v) is 7.19. The van der Waals surface area contributed by atoms with Crippen LogP contribution in [0.25, 0.3) is 5.78 Å². The van der Waals surface area contributed by atoms with E-state index in [1.54, 1.807) is 4.52 Å². The molecule has 1 amide bonds. The molecule has 102 valence electrons. The number of amides is 1. The molecule has 0 atom stereocenters. The third-order valence-corrected chi connectivity index (χ3v) is 3.34. The van der Waals surface area contributed by atoms with Gasteiger partial charge in [0, 0.05) is 17.9 Å². The largest absolute Gasteiger partial charge is 0.355 e. The summed E-state index contributed by atoms with van der Waals surface area (Å²) in [5.41, 5.74) is 1.90. The van der Waals surface area contributed by atoms with Crippen LogP contribution in [0.4, 0.5) is 0 Å². The first kappa shape index (κ1) is 13.8. The van der Waals surface area contributed by atoms with Gasteiger partial charge in [-0.1, -0.05) is 18.7 Å². The lowest BCUT2D eigenvalue weighted by atomic mass is 10.4. The van der Waals surface area contributed by atoms with Crippen LogP contribution in [0.1, 0.15) is 24.7 Å². The summed E-state index contributed by atoms with van der Waals surface area (Å²) >= 11 is 1.32. The van der Waals surface area contributed by atoms with Gasteiger partial charge in [-0.3, -0.25) is 4.79 Å². The smallest absolute Gasteiger partial charge is 0.253 e. The second-order valence-electron chi connectivity index (χ2n) is 4.28. The topological polar surface area (TPSA) is 72.2 Å². The maximum Gasteiger partial charge on any atom is 0.253 e. The van der Waals surface area contributed by atoms with E-state index in [0.717, 1.165) is 17.8 Å². The Morgan fingerprint density at radius 2 is 2.21 bits per heavy atom. The van der Waals surface area contributed by atoms with E-state index in [9.17, 15) is 4.79 Å². The van der Waals surface area contributed by atoms with Crippen molar-refractivity contribution >= 4 is 23.4 Å². The van der Waals surface area contributed by atoms with Gasteiger partial charge >= 0.3 is 0 Å². The maximum atomic E-state index is 11.5. The van der Waals surface area contributed by atoms with Crippen molar-refractivity contribution < 1.29 is 4.79 Å². The number of hydrogen-bond donors (Lipinski definition) is 1. The Morgan fingerprint density at radius 1 is 1.42 bits per heavy atom. The number of nitrogens with one attached hydrogen (secondary N) is 1. The van der Waals surface area contributed by atoms with Crippen LogP contribution < -0.4 is 5.32 Å². The first-order valence-electron chi connectivity index (χ1n) is 6.20. The molecule has 0 spiro atoms. The van der Waals surface area contributed by atoms with Crippen LogP contribution in [0, 0.1) is 13.8 Å². The molecule has 0 unspecified atom stereocenters. The van der Waals surface area contributed by atoms with Crippen LogP contribution in [0.5, 0.6) is 0 Å². The van der Waals surface area contributed by atoms with E-state index >= 15 is 0 Å². The summed E-state index contributed by atoms with van der Waals surface area (Å²) in [6.07, 6.45) is 0.936. The quantitative estimate of drug-likeness (QED) is 0.837. The molecule has 7 heteroatoms. The highest BCUT2D eigenvalue weighted by Crippen LogP contribution is 2.14. The van der Waals surface area contributed by atoms with Crippen molar-refractivity contribution in [2.24, 2.45) is 0 Å². The zero-order valence-electron chi connectivity index (χ0n) is 11.3. The van der Waals surface area contributed by atoms with Crippen molar-refractivity contribution in [3.05, 3.63) is 17.5 Å². The Balaban J connectivity index is 2.06. The molecule has 0 saturated heterocycles. The van der Waals surface area contributed by atoms with E-state index in [0.29, 0.717) is 23.2 Å². The number of hydrogen-bond acceptors (Lipinski definition) is 5. The zero-order chi connectivity index (χ0) is 13.8. The minimum Gasteiger partial charge on any atom is -0.355 e. The molecule has 0 aliphatic heterocycles. The first-order chi connectivity index (χ1) is 9.10. The van der Waals surface area contributed by atoms with Crippen molar-refractivity contribution in [1.82, 2.24) is 24.9 Å². The molecule has 2 aromatic heterocycles. The molecule has 19 heavy (non-hydrogen) atoms. The number of aryl methyl sites for hydroxylation is 2. The predicted octanol–water partition coefficient (Wildman–Crippen LogP) is 1.36. The van der Waals surface area contributed by atoms with Crippen LogP contribution in [0.15, 0.2) is 11.2 Å². The van der Waals surface area contributed by atoms with Gasteiger partial charge in [0.05, 0.1) is 5.75 Å². The SMILES string of the molecule is CCCNC(=O)CSc1nc2nc(C)cc(C)n2n1. The number of carbonyl (C=O) groups is 1. The Hall–Kier alpha value is -1.63. The number of fused-ring (bicyclic) bond motifs is 1. The number of aromatic nitrogens is 4. The summed E-state index contributed by atoms with van der Waals surface area (Å²) in [4.78, 5) is 20.1. The third-order valence-electron chi connectivity index (χ3n) is 2.50. The average Bonchev–Trinajstić information content (AvgIpc) is 2.77. The lowest BCUT2D eigenvalue weighted by Crippen LogP contribution is -2.25. The van der Waals surface area contributed by atoms with Crippen LogP contribution in [-0.4, -0.2) is 37.8 Å². The molecule has 0 aliphatic carbocycles. The fraction of sp³-hybridized carbons (Fsp3) is 0.500. The second-order valence-corrected chi connectivity index (χ2v) is 5.23. The number of carbonyl (C=O) groups excluding carboxylic acids is 1. The van der Waals surface area contributed by atoms with Crippen LogP contribution >= 0.6 is 11.8 Å². The molecule has 0 fully saturated rings. The fourth-order valence-corrected chi connectivity index (χ4v) is 2.30. The molecule has 2 aromatic rings. The minimum atomic E-state index is 0.00608. The van der Waals surface area contributed by atoms with Gasteiger partial charge in [-0.2, -0.15) is 4.98 Å². The summed E-state index contributed by atoms with van der Waals surface area (Å²) in [6.45, 7) is 6.61. The lowest BCUT2D eigenvalue weighted by molar-refractivity contribution is -0.118. The van der Waals surface area contributed by atoms with E-state index in [-0.39, 0.29) is 5.91 Å². The summed E-state index contributed by atoms with van der Waals surface area (Å²) in [5.74, 6) is 0.912.